The lowest BCUT2D eigenvalue weighted by atomic mass is 9.46. The van der Waals surface area contributed by atoms with Crippen LogP contribution in [0, 0.1) is 40.4 Å². The van der Waals surface area contributed by atoms with E-state index < -0.39 is 5.60 Å². The molecule has 6 atom stereocenters. The molecule has 4 rings (SSSR count). The first kappa shape index (κ1) is 20.0. The van der Waals surface area contributed by atoms with Crippen LogP contribution in [0.1, 0.15) is 78.6 Å². The van der Waals surface area contributed by atoms with Crippen molar-refractivity contribution >= 4 is 28.4 Å². The smallest absolute Gasteiger partial charge is 0.158 e. The maximum atomic E-state index is 12.3. The number of carbonyl (C=O) groups excluding carboxylic acids is 1. The molecule has 0 aromatic rings. The van der Waals surface area contributed by atoms with Crippen molar-refractivity contribution in [3.63, 3.8) is 0 Å². The zero-order valence-electron chi connectivity index (χ0n) is 17.0. The average molecular weight is 480 g/mol. The molecule has 0 heterocycles. The molecule has 0 aliphatic heterocycles. The Morgan fingerprint density at radius 3 is 2.59 bits per heavy atom. The van der Waals surface area contributed by atoms with Crippen molar-refractivity contribution in [2.75, 3.05) is 4.43 Å². The number of fused-ring (bicyclic) bond motifs is 5. The molecule has 0 amide bonds. The fourth-order valence-corrected chi connectivity index (χ4v) is 7.73. The molecule has 27 heavy (non-hydrogen) atoms. The van der Waals surface area contributed by atoms with Crippen molar-refractivity contribution in [2.45, 2.75) is 84.2 Å². The van der Waals surface area contributed by atoms with Crippen LogP contribution in [-0.4, -0.2) is 20.9 Å². The number of rotatable bonds is 1. The number of hydrogen-bond acceptors (Lipinski definition) is 2. The average Bonchev–Trinajstić information content (AvgIpc) is 2.90. The summed E-state index contributed by atoms with van der Waals surface area (Å²) in [5.74, 6) is 8.88. The quantitative estimate of drug-likeness (QED) is 0.307. The van der Waals surface area contributed by atoms with Crippen LogP contribution in [0.25, 0.3) is 0 Å². The molecule has 0 unspecified atom stereocenters. The van der Waals surface area contributed by atoms with Gasteiger partial charge in [0, 0.05) is 22.7 Å². The first-order chi connectivity index (χ1) is 12.8. The third-order valence-electron chi connectivity index (χ3n) is 9.08. The van der Waals surface area contributed by atoms with Gasteiger partial charge in [-0.05, 0) is 80.6 Å². The summed E-state index contributed by atoms with van der Waals surface area (Å²) in [6.45, 7) is 6.83. The number of hydrogen-bond donors (Lipinski definition) is 1. The summed E-state index contributed by atoms with van der Waals surface area (Å²) in [4.78, 5) is 12.3. The van der Waals surface area contributed by atoms with Crippen molar-refractivity contribution < 1.29 is 9.90 Å². The lowest BCUT2D eigenvalue weighted by Gasteiger charge is -2.59. The third-order valence-corrected chi connectivity index (χ3v) is 9.62. The van der Waals surface area contributed by atoms with Gasteiger partial charge in [-0.25, -0.2) is 0 Å². The monoisotopic (exact) mass is 480 g/mol. The van der Waals surface area contributed by atoms with Gasteiger partial charge < -0.3 is 5.11 Å². The molecule has 0 aromatic carbocycles. The Bertz CT molecular complexity index is 743. The molecule has 4 aliphatic carbocycles. The summed E-state index contributed by atoms with van der Waals surface area (Å²) in [6, 6.07) is 0. The van der Waals surface area contributed by atoms with Crippen LogP contribution < -0.4 is 0 Å². The highest BCUT2D eigenvalue weighted by atomic mass is 127. The molecule has 0 spiro atoms. The van der Waals surface area contributed by atoms with Crippen LogP contribution in [0.3, 0.4) is 0 Å². The maximum absolute atomic E-state index is 12.3. The second-order valence-corrected chi connectivity index (χ2v) is 11.0. The normalized spacial score (nSPS) is 46.3. The van der Waals surface area contributed by atoms with Crippen LogP contribution >= 0.6 is 22.6 Å². The van der Waals surface area contributed by atoms with Crippen molar-refractivity contribution in [3.05, 3.63) is 11.1 Å². The molecular formula is C24H33IO2. The van der Waals surface area contributed by atoms with Gasteiger partial charge in [0.15, 0.2) is 5.78 Å². The van der Waals surface area contributed by atoms with Gasteiger partial charge in [0.2, 0.25) is 0 Å². The highest BCUT2D eigenvalue weighted by Gasteiger charge is 2.63. The van der Waals surface area contributed by atoms with Gasteiger partial charge in [-0.1, -0.05) is 53.9 Å². The van der Waals surface area contributed by atoms with Gasteiger partial charge in [0.1, 0.15) is 5.60 Å². The van der Waals surface area contributed by atoms with Crippen molar-refractivity contribution in [2.24, 2.45) is 28.6 Å². The number of carbonyl (C=O) groups is 1. The second kappa shape index (κ2) is 6.87. The summed E-state index contributed by atoms with van der Waals surface area (Å²) in [7, 11) is 0. The van der Waals surface area contributed by atoms with Gasteiger partial charge in [0.25, 0.3) is 0 Å². The molecule has 0 aromatic heterocycles. The van der Waals surface area contributed by atoms with E-state index in [0.717, 1.165) is 54.9 Å². The van der Waals surface area contributed by atoms with Crippen LogP contribution in [0.15, 0.2) is 11.1 Å². The molecule has 1 N–H and O–H groups in total. The summed E-state index contributed by atoms with van der Waals surface area (Å²) in [5, 5.41) is 11.5. The van der Waals surface area contributed by atoms with Gasteiger partial charge >= 0.3 is 0 Å². The van der Waals surface area contributed by atoms with Gasteiger partial charge in [0.05, 0.1) is 0 Å². The summed E-state index contributed by atoms with van der Waals surface area (Å²) >= 11 is 2.35. The van der Waals surface area contributed by atoms with Crippen molar-refractivity contribution in [3.8, 4) is 11.8 Å². The number of allylic oxidation sites excluding steroid dienone is 1. The minimum Gasteiger partial charge on any atom is -0.377 e. The predicted molar refractivity (Wildman–Crippen MR) is 118 cm³/mol. The zero-order chi connectivity index (χ0) is 19.4. The topological polar surface area (TPSA) is 37.3 Å². The van der Waals surface area contributed by atoms with Crippen LogP contribution in [0.5, 0.6) is 0 Å². The summed E-state index contributed by atoms with van der Waals surface area (Å²) < 4.78 is 1.03. The van der Waals surface area contributed by atoms with Crippen molar-refractivity contribution in [1.82, 2.24) is 0 Å². The predicted octanol–water partition coefficient (Wildman–Crippen LogP) is 5.47. The van der Waals surface area contributed by atoms with Crippen LogP contribution in [0.2, 0.25) is 0 Å². The Morgan fingerprint density at radius 1 is 1.11 bits per heavy atom. The maximum Gasteiger partial charge on any atom is 0.158 e. The molecule has 3 heteroatoms. The first-order valence-corrected chi connectivity index (χ1v) is 12.3. The lowest BCUT2D eigenvalue weighted by molar-refractivity contribution is -0.120. The second-order valence-electron chi connectivity index (χ2n) is 9.96. The fourth-order valence-electron chi connectivity index (χ4n) is 7.46. The highest BCUT2D eigenvalue weighted by molar-refractivity contribution is 14.1. The molecule has 4 aliphatic rings. The Balaban J connectivity index is 1.66. The molecule has 148 valence electrons. The standard InChI is InChI=1S/C24H33IO2/c1-16-18-7-6-17-19(22(18,2)12-10-21(16)26)8-13-23(3)20(17)9-14-24(23,27)11-4-5-15-25/h17,19-20,27H,5-10,12-15H2,1-3H3/t17-,19+,20+,22+,23+,24+/m1/s1. The molecule has 0 bridgehead atoms. The number of Topliss-reactive ketones (excluding diaryl/α,β-unsaturated/α-hetero) is 1. The Kier molecular flexibility index (Phi) is 5.08. The third kappa shape index (κ3) is 2.80. The lowest BCUT2D eigenvalue weighted by Crippen LogP contribution is -2.54. The van der Waals surface area contributed by atoms with Gasteiger partial charge in [-0.2, -0.15) is 0 Å². The Morgan fingerprint density at radius 2 is 1.85 bits per heavy atom. The highest BCUT2D eigenvalue weighted by Crippen LogP contribution is 2.67. The molecule has 2 nitrogen and oxygen atoms in total. The van der Waals surface area contributed by atoms with Gasteiger partial charge in [-0.15, -0.1) is 0 Å². The molecule has 0 saturated heterocycles. The Labute approximate surface area is 178 Å². The number of ketones is 1. The van der Waals surface area contributed by atoms with E-state index in [9.17, 15) is 9.90 Å². The Hall–Kier alpha value is -0.340. The fraction of sp³-hybridized carbons (Fsp3) is 0.792. The minimum atomic E-state index is -0.802. The van der Waals surface area contributed by atoms with E-state index >= 15 is 0 Å². The van der Waals surface area contributed by atoms with Crippen LogP contribution in [0.4, 0.5) is 0 Å². The van der Waals surface area contributed by atoms with E-state index in [2.05, 4.69) is 55.2 Å². The molecule has 3 saturated carbocycles. The van der Waals surface area contributed by atoms with E-state index in [1.54, 1.807) is 0 Å². The summed E-state index contributed by atoms with van der Waals surface area (Å²) in [5.41, 5.74) is 1.88. The largest absolute Gasteiger partial charge is 0.377 e. The van der Waals surface area contributed by atoms with E-state index in [1.165, 1.54) is 18.4 Å². The summed E-state index contributed by atoms with van der Waals surface area (Å²) in [6.07, 6.45) is 9.10. The van der Waals surface area contributed by atoms with E-state index in [1.807, 2.05) is 0 Å². The number of halogens is 1. The first-order valence-electron chi connectivity index (χ1n) is 10.8. The van der Waals surface area contributed by atoms with Crippen LogP contribution in [-0.2, 0) is 4.79 Å². The van der Waals surface area contributed by atoms with Crippen molar-refractivity contribution in [1.29, 1.82) is 0 Å². The molecule has 0 radical (unpaired) electrons. The molecule has 3 fully saturated rings. The zero-order valence-corrected chi connectivity index (χ0v) is 19.2. The SMILES string of the molecule is CC1=C2CC[C@@H]3[C@H](CC[C@@]4(C)[C@H]3CC[C@@]4(O)C#CCCI)[C@@]2(C)CCC1=O. The van der Waals surface area contributed by atoms with Gasteiger partial charge in [-0.3, -0.25) is 4.79 Å². The van der Waals surface area contributed by atoms with E-state index in [0.29, 0.717) is 23.5 Å². The minimum absolute atomic E-state index is 0.0659. The number of alkyl halides is 1. The molecular weight excluding hydrogens is 447 g/mol. The number of aliphatic hydroxyl groups is 1. The van der Waals surface area contributed by atoms with E-state index in [-0.39, 0.29) is 10.8 Å². The van der Waals surface area contributed by atoms with E-state index in [4.69, 9.17) is 0 Å².